The first kappa shape index (κ1) is 32.6. The van der Waals surface area contributed by atoms with E-state index in [1.807, 2.05) is 48.5 Å². The van der Waals surface area contributed by atoms with E-state index in [2.05, 4.69) is 38.5 Å². The SMILES string of the molecule is NCCCCC(NC(=O)C(Cc1c[nH]c2ccccc12)NC(=O)C(N)CS)C(=O)NC(Cc1c[nH]c2ccccc12)C(=O)O. The summed E-state index contributed by atoms with van der Waals surface area (Å²) >= 11 is 4.09. The fourth-order valence-corrected chi connectivity index (χ4v) is 5.28. The van der Waals surface area contributed by atoms with Gasteiger partial charge in [0.15, 0.2) is 0 Å². The van der Waals surface area contributed by atoms with Crippen LogP contribution in [0.15, 0.2) is 60.9 Å². The van der Waals surface area contributed by atoms with E-state index in [1.165, 1.54) is 0 Å². The summed E-state index contributed by atoms with van der Waals surface area (Å²) in [4.78, 5) is 58.4. The lowest BCUT2D eigenvalue weighted by atomic mass is 10.0. The lowest BCUT2D eigenvalue weighted by Crippen LogP contribution is -2.58. The van der Waals surface area contributed by atoms with E-state index >= 15 is 0 Å². The number of carbonyl (C=O) groups excluding carboxylic acids is 3. The number of benzene rings is 2. The van der Waals surface area contributed by atoms with Crippen molar-refractivity contribution in [3.8, 4) is 0 Å². The largest absolute Gasteiger partial charge is 0.480 e. The Labute approximate surface area is 260 Å². The second-order valence-electron chi connectivity index (χ2n) is 10.7. The molecular weight excluding hydrogens is 582 g/mol. The molecular formula is C31H39N7O5S. The van der Waals surface area contributed by atoms with E-state index < -0.39 is 47.9 Å². The molecule has 234 valence electrons. The number of rotatable bonds is 16. The smallest absolute Gasteiger partial charge is 0.326 e. The molecule has 3 amide bonds. The minimum Gasteiger partial charge on any atom is -0.480 e. The maximum atomic E-state index is 13.7. The molecule has 0 saturated heterocycles. The molecule has 12 nitrogen and oxygen atoms in total. The predicted molar refractivity (Wildman–Crippen MR) is 172 cm³/mol. The van der Waals surface area contributed by atoms with Crippen LogP contribution in [0.1, 0.15) is 30.4 Å². The third-order valence-corrected chi connectivity index (χ3v) is 7.95. The van der Waals surface area contributed by atoms with Crippen LogP contribution in [-0.2, 0) is 32.0 Å². The highest BCUT2D eigenvalue weighted by Crippen LogP contribution is 2.21. The maximum Gasteiger partial charge on any atom is 0.326 e. The van der Waals surface area contributed by atoms with E-state index in [4.69, 9.17) is 11.5 Å². The molecule has 0 fully saturated rings. The van der Waals surface area contributed by atoms with E-state index in [0.29, 0.717) is 19.4 Å². The van der Waals surface area contributed by atoms with Crippen LogP contribution in [0.25, 0.3) is 21.8 Å². The van der Waals surface area contributed by atoms with E-state index in [9.17, 15) is 24.3 Å². The second kappa shape index (κ2) is 15.4. The van der Waals surface area contributed by atoms with Gasteiger partial charge in [-0.3, -0.25) is 14.4 Å². The van der Waals surface area contributed by atoms with Crippen molar-refractivity contribution in [2.45, 2.75) is 56.3 Å². The molecule has 0 aliphatic heterocycles. The zero-order chi connectivity index (χ0) is 31.6. The maximum absolute atomic E-state index is 13.7. The number of nitrogens with two attached hydrogens (primary N) is 2. The number of carbonyl (C=O) groups is 4. The third-order valence-electron chi connectivity index (χ3n) is 7.56. The van der Waals surface area contributed by atoms with Crippen molar-refractivity contribution >= 4 is 58.1 Å². The van der Waals surface area contributed by atoms with Gasteiger partial charge in [0, 0.05) is 52.8 Å². The summed E-state index contributed by atoms with van der Waals surface area (Å²) in [6.45, 7) is 0.390. The van der Waals surface area contributed by atoms with Crippen LogP contribution in [0.2, 0.25) is 0 Å². The van der Waals surface area contributed by atoms with Crippen LogP contribution in [-0.4, -0.2) is 75.2 Å². The minimum absolute atomic E-state index is 0.0371. The van der Waals surface area contributed by atoms with Crippen LogP contribution in [0.4, 0.5) is 0 Å². The Balaban J connectivity index is 1.53. The second-order valence-corrected chi connectivity index (χ2v) is 11.1. The van der Waals surface area contributed by atoms with Crippen molar-refractivity contribution in [2.75, 3.05) is 12.3 Å². The van der Waals surface area contributed by atoms with Crippen LogP contribution in [0, 0.1) is 0 Å². The van der Waals surface area contributed by atoms with Crippen LogP contribution in [0.3, 0.4) is 0 Å². The van der Waals surface area contributed by atoms with Gasteiger partial charge >= 0.3 is 5.97 Å². The topological polar surface area (TPSA) is 208 Å². The molecule has 4 unspecified atom stereocenters. The molecule has 4 rings (SSSR count). The quantitative estimate of drug-likeness (QED) is 0.0662. The lowest BCUT2D eigenvalue weighted by molar-refractivity contribution is -0.142. The Morgan fingerprint density at radius 1 is 0.750 bits per heavy atom. The van der Waals surface area contributed by atoms with Gasteiger partial charge in [0.1, 0.15) is 18.1 Å². The molecule has 2 aromatic heterocycles. The molecule has 0 bridgehead atoms. The van der Waals surface area contributed by atoms with Crippen molar-refractivity contribution in [3.63, 3.8) is 0 Å². The summed E-state index contributed by atoms with van der Waals surface area (Å²) in [5, 5.41) is 19.8. The van der Waals surface area contributed by atoms with Crippen molar-refractivity contribution in [1.82, 2.24) is 25.9 Å². The number of para-hydroxylation sites is 2. The standard InChI is InChI=1S/C31H39N7O5S/c32-12-6-5-11-25(29(40)38-27(31(42)43)14-19-16-35-24-10-4-2-8-21(19)24)36-30(41)26(37-28(39)22(33)17-44)13-18-15-34-23-9-3-1-7-20(18)23/h1-4,7-10,15-16,22,25-27,34-35,44H,5-6,11-14,17,32-33H2,(H,36,41)(H,37,39)(H,38,40)(H,42,43). The molecule has 0 aliphatic carbocycles. The van der Waals surface area contributed by atoms with Gasteiger partial charge in [-0.15, -0.1) is 0 Å². The number of nitrogens with one attached hydrogen (secondary N) is 5. The molecule has 2 aromatic carbocycles. The summed E-state index contributed by atoms with van der Waals surface area (Å²) in [7, 11) is 0. The fraction of sp³-hybridized carbons (Fsp3) is 0.355. The van der Waals surface area contributed by atoms with Gasteiger partial charge in [0.2, 0.25) is 17.7 Å². The van der Waals surface area contributed by atoms with E-state index in [1.54, 1.807) is 12.4 Å². The zero-order valence-corrected chi connectivity index (χ0v) is 25.1. The molecule has 0 spiro atoms. The third kappa shape index (κ3) is 8.18. The predicted octanol–water partition coefficient (Wildman–Crippen LogP) is 1.36. The van der Waals surface area contributed by atoms with Crippen molar-refractivity contribution in [1.29, 1.82) is 0 Å². The van der Waals surface area contributed by atoms with Crippen molar-refractivity contribution < 1.29 is 24.3 Å². The summed E-state index contributed by atoms with van der Waals surface area (Å²) in [6.07, 6.45) is 4.98. The molecule has 4 atom stereocenters. The number of aromatic nitrogens is 2. The average Bonchev–Trinajstić information content (AvgIpc) is 3.63. The Kier molecular flexibility index (Phi) is 11.4. The molecule has 0 radical (unpaired) electrons. The van der Waals surface area contributed by atoms with Crippen molar-refractivity contribution in [3.05, 3.63) is 72.1 Å². The Morgan fingerprint density at radius 3 is 1.80 bits per heavy atom. The van der Waals surface area contributed by atoms with Gasteiger partial charge in [-0.1, -0.05) is 36.4 Å². The number of aliphatic carboxylic acids is 1. The molecule has 44 heavy (non-hydrogen) atoms. The lowest BCUT2D eigenvalue weighted by Gasteiger charge is -2.25. The molecule has 13 heteroatoms. The number of amides is 3. The molecule has 2 heterocycles. The number of unbranched alkanes of at least 4 members (excludes halogenated alkanes) is 1. The number of carboxylic acid groups (broad SMARTS) is 1. The monoisotopic (exact) mass is 621 g/mol. The van der Waals surface area contributed by atoms with Crippen LogP contribution < -0.4 is 27.4 Å². The fourth-order valence-electron chi connectivity index (χ4n) is 5.12. The van der Waals surface area contributed by atoms with Gasteiger partial charge in [-0.05, 0) is 49.1 Å². The highest BCUT2D eigenvalue weighted by Gasteiger charge is 2.31. The first-order valence-corrected chi connectivity index (χ1v) is 15.2. The van der Waals surface area contributed by atoms with E-state index in [-0.39, 0.29) is 25.0 Å². The van der Waals surface area contributed by atoms with Gasteiger partial charge in [0.25, 0.3) is 0 Å². The molecule has 10 N–H and O–H groups in total. The number of hydrogen-bond donors (Lipinski definition) is 9. The minimum atomic E-state index is -1.24. The number of H-pyrrole nitrogens is 2. The number of aromatic amines is 2. The summed E-state index contributed by atoms with van der Waals surface area (Å²) in [6, 6.07) is 10.7. The Morgan fingerprint density at radius 2 is 1.25 bits per heavy atom. The summed E-state index contributed by atoms with van der Waals surface area (Å²) < 4.78 is 0. The average molecular weight is 622 g/mol. The van der Waals surface area contributed by atoms with Gasteiger partial charge in [-0.2, -0.15) is 12.6 Å². The van der Waals surface area contributed by atoms with Crippen molar-refractivity contribution in [2.24, 2.45) is 11.5 Å². The first-order chi connectivity index (χ1) is 21.2. The first-order valence-electron chi connectivity index (χ1n) is 14.5. The Hall–Kier alpha value is -4.33. The van der Waals surface area contributed by atoms with Gasteiger partial charge in [-0.25, -0.2) is 4.79 Å². The van der Waals surface area contributed by atoms with E-state index in [0.717, 1.165) is 32.9 Å². The number of carboxylic acids is 1. The normalized spacial score (nSPS) is 14.1. The van der Waals surface area contributed by atoms with Gasteiger partial charge in [0.05, 0.1) is 6.04 Å². The highest BCUT2D eigenvalue weighted by molar-refractivity contribution is 7.80. The molecule has 4 aromatic rings. The number of hydrogen-bond acceptors (Lipinski definition) is 7. The highest BCUT2D eigenvalue weighted by atomic mass is 32.1. The Bertz CT molecular complexity index is 1600. The summed E-state index contributed by atoms with van der Waals surface area (Å²) in [5.41, 5.74) is 14.8. The number of thiol groups is 1. The molecule has 0 saturated carbocycles. The van der Waals surface area contributed by atoms with Crippen LogP contribution >= 0.6 is 12.6 Å². The van der Waals surface area contributed by atoms with Gasteiger partial charge < -0.3 is 42.5 Å². The molecule has 0 aliphatic rings. The van der Waals surface area contributed by atoms with Crippen LogP contribution in [0.5, 0.6) is 0 Å². The summed E-state index contributed by atoms with van der Waals surface area (Å²) in [5.74, 6) is -2.95. The zero-order valence-electron chi connectivity index (χ0n) is 24.2. The number of fused-ring (bicyclic) bond motifs is 2.